The number of fused-ring (bicyclic) bond motifs is 1. The molecule has 5 rings (SSSR count). The number of benzene rings is 2. The van der Waals surface area contributed by atoms with Gasteiger partial charge in [0, 0.05) is 51.0 Å². The van der Waals surface area contributed by atoms with E-state index in [4.69, 9.17) is 0 Å². The lowest BCUT2D eigenvalue weighted by Crippen LogP contribution is -2.55. The molecule has 3 heterocycles. The van der Waals surface area contributed by atoms with Gasteiger partial charge >= 0.3 is 0 Å². The van der Waals surface area contributed by atoms with Gasteiger partial charge in [-0.3, -0.25) is 14.7 Å². The van der Waals surface area contributed by atoms with Crippen molar-refractivity contribution in [3.05, 3.63) is 89.7 Å². The van der Waals surface area contributed by atoms with Gasteiger partial charge in [0.1, 0.15) is 0 Å². The van der Waals surface area contributed by atoms with E-state index in [0.717, 1.165) is 38.0 Å². The Morgan fingerprint density at radius 1 is 0.938 bits per heavy atom. The highest BCUT2D eigenvalue weighted by molar-refractivity contribution is 5.77. The zero-order chi connectivity index (χ0) is 21.9. The Bertz CT molecular complexity index is 1060. The SMILES string of the molecule is Cc1ccccc1-c1ccc(CN2CC[C@H]3[C@H](CCC(=O)N3Cc3cccnc3)C2)cc1. The van der Waals surface area contributed by atoms with Gasteiger partial charge in [-0.1, -0.05) is 54.6 Å². The molecule has 1 amide bonds. The van der Waals surface area contributed by atoms with Gasteiger partial charge in [-0.25, -0.2) is 0 Å². The second-order valence-corrected chi connectivity index (χ2v) is 9.28. The molecular weight excluding hydrogens is 394 g/mol. The molecule has 4 heteroatoms. The molecule has 2 saturated heterocycles. The third-order valence-electron chi connectivity index (χ3n) is 7.12. The molecule has 0 saturated carbocycles. The maximum Gasteiger partial charge on any atom is 0.223 e. The molecule has 2 aromatic carbocycles. The maximum absolute atomic E-state index is 12.7. The van der Waals surface area contributed by atoms with Crippen molar-refractivity contribution >= 4 is 5.91 Å². The van der Waals surface area contributed by atoms with E-state index in [1.54, 1.807) is 6.20 Å². The largest absolute Gasteiger partial charge is 0.335 e. The smallest absolute Gasteiger partial charge is 0.223 e. The van der Waals surface area contributed by atoms with Gasteiger partial charge < -0.3 is 4.90 Å². The van der Waals surface area contributed by atoms with Crippen molar-refractivity contribution in [2.45, 2.75) is 45.3 Å². The first-order valence-corrected chi connectivity index (χ1v) is 11.7. The third kappa shape index (κ3) is 4.46. The summed E-state index contributed by atoms with van der Waals surface area (Å²) < 4.78 is 0. The Hall–Kier alpha value is -2.98. The van der Waals surface area contributed by atoms with Gasteiger partial charge in [0.2, 0.25) is 5.91 Å². The molecule has 32 heavy (non-hydrogen) atoms. The standard InChI is InChI=1S/C28H31N3O/c1-21-5-2-3-7-26(21)24-10-8-22(9-11-24)18-30-16-14-27-25(20-30)12-13-28(32)31(27)19-23-6-4-15-29-17-23/h2-11,15,17,25,27H,12-14,16,18-20H2,1H3/t25-,27+/m1/s1. The molecule has 0 unspecified atom stereocenters. The van der Waals surface area contributed by atoms with Crippen LogP contribution in [0.5, 0.6) is 0 Å². The van der Waals surface area contributed by atoms with E-state index in [-0.39, 0.29) is 0 Å². The highest BCUT2D eigenvalue weighted by Gasteiger charge is 2.39. The van der Waals surface area contributed by atoms with Crippen molar-refractivity contribution in [3.8, 4) is 11.1 Å². The summed E-state index contributed by atoms with van der Waals surface area (Å²) in [5.74, 6) is 0.861. The zero-order valence-electron chi connectivity index (χ0n) is 18.8. The number of aromatic nitrogens is 1. The van der Waals surface area contributed by atoms with Crippen LogP contribution in [0.25, 0.3) is 11.1 Å². The minimum atomic E-state index is 0.301. The molecule has 0 radical (unpaired) electrons. The van der Waals surface area contributed by atoms with E-state index in [9.17, 15) is 4.79 Å². The highest BCUT2D eigenvalue weighted by Crippen LogP contribution is 2.33. The van der Waals surface area contributed by atoms with E-state index in [1.165, 1.54) is 22.3 Å². The van der Waals surface area contributed by atoms with E-state index >= 15 is 0 Å². The number of hydrogen-bond donors (Lipinski definition) is 0. The number of carbonyl (C=O) groups excluding carboxylic acids is 1. The molecule has 2 aliphatic rings. The number of carbonyl (C=O) groups is 1. The molecule has 0 aliphatic carbocycles. The predicted molar refractivity (Wildman–Crippen MR) is 128 cm³/mol. The Morgan fingerprint density at radius 2 is 1.78 bits per heavy atom. The summed E-state index contributed by atoms with van der Waals surface area (Å²) in [5, 5.41) is 0. The number of pyridine rings is 1. The molecule has 4 nitrogen and oxygen atoms in total. The van der Waals surface area contributed by atoms with Crippen molar-refractivity contribution < 1.29 is 4.79 Å². The lowest BCUT2D eigenvalue weighted by atomic mass is 9.83. The van der Waals surface area contributed by atoms with Gasteiger partial charge in [0.25, 0.3) is 0 Å². The molecule has 2 aliphatic heterocycles. The summed E-state index contributed by atoms with van der Waals surface area (Å²) in [6.07, 6.45) is 6.40. The van der Waals surface area contributed by atoms with Crippen molar-refractivity contribution in [1.82, 2.24) is 14.8 Å². The van der Waals surface area contributed by atoms with Crippen LogP contribution in [0.4, 0.5) is 0 Å². The van der Waals surface area contributed by atoms with Crippen molar-refractivity contribution in [2.75, 3.05) is 13.1 Å². The van der Waals surface area contributed by atoms with Crippen LogP contribution in [0.15, 0.2) is 73.1 Å². The molecule has 0 N–H and O–H groups in total. The number of likely N-dealkylation sites (tertiary alicyclic amines) is 2. The second-order valence-electron chi connectivity index (χ2n) is 9.28. The number of piperidine rings is 2. The van der Waals surface area contributed by atoms with Crippen LogP contribution < -0.4 is 0 Å². The molecular formula is C28H31N3O. The van der Waals surface area contributed by atoms with Crippen LogP contribution in [0, 0.1) is 12.8 Å². The minimum absolute atomic E-state index is 0.301. The first-order chi connectivity index (χ1) is 15.7. The third-order valence-corrected chi connectivity index (χ3v) is 7.12. The number of nitrogens with zero attached hydrogens (tertiary/aromatic N) is 3. The summed E-state index contributed by atoms with van der Waals surface area (Å²) in [6.45, 7) is 5.94. The normalized spacial score (nSPS) is 21.4. The number of hydrogen-bond acceptors (Lipinski definition) is 3. The first kappa shape index (κ1) is 20.9. The fourth-order valence-corrected chi connectivity index (χ4v) is 5.41. The van der Waals surface area contributed by atoms with Crippen LogP contribution in [0.2, 0.25) is 0 Å². The van der Waals surface area contributed by atoms with Crippen LogP contribution in [-0.2, 0) is 17.9 Å². The van der Waals surface area contributed by atoms with Crippen LogP contribution in [-0.4, -0.2) is 39.8 Å². The van der Waals surface area contributed by atoms with Crippen molar-refractivity contribution in [3.63, 3.8) is 0 Å². The van der Waals surface area contributed by atoms with Gasteiger partial charge in [-0.05, 0) is 59.6 Å². The van der Waals surface area contributed by atoms with Gasteiger partial charge in [0.15, 0.2) is 0 Å². The average Bonchev–Trinajstić information content (AvgIpc) is 2.83. The summed E-state index contributed by atoms with van der Waals surface area (Å²) in [7, 11) is 0. The lowest BCUT2D eigenvalue weighted by molar-refractivity contribution is -0.142. The molecule has 1 aromatic heterocycles. The van der Waals surface area contributed by atoms with Crippen molar-refractivity contribution in [1.29, 1.82) is 0 Å². The monoisotopic (exact) mass is 425 g/mol. The van der Waals surface area contributed by atoms with E-state index in [1.807, 2.05) is 12.3 Å². The number of aryl methyl sites for hydroxylation is 1. The lowest BCUT2D eigenvalue weighted by Gasteiger charge is -2.47. The molecule has 0 bridgehead atoms. The summed E-state index contributed by atoms with van der Waals surface area (Å²) in [5.41, 5.74) is 6.38. The number of amides is 1. The summed E-state index contributed by atoms with van der Waals surface area (Å²) in [4.78, 5) is 21.6. The maximum atomic E-state index is 12.7. The predicted octanol–water partition coefficient (Wildman–Crippen LogP) is 5.07. The van der Waals surface area contributed by atoms with Gasteiger partial charge in [0.05, 0.1) is 0 Å². The molecule has 0 spiro atoms. The molecule has 3 aromatic rings. The second kappa shape index (κ2) is 9.25. The molecule has 2 fully saturated rings. The zero-order valence-corrected chi connectivity index (χ0v) is 18.8. The van der Waals surface area contributed by atoms with Crippen molar-refractivity contribution in [2.24, 2.45) is 5.92 Å². The van der Waals surface area contributed by atoms with E-state index in [2.05, 4.69) is 76.3 Å². The Kier molecular flexibility index (Phi) is 6.04. The minimum Gasteiger partial charge on any atom is -0.335 e. The molecule has 2 atom stereocenters. The Labute approximate surface area is 190 Å². The quantitative estimate of drug-likeness (QED) is 0.573. The fraction of sp³-hybridized carbons (Fsp3) is 0.357. The van der Waals surface area contributed by atoms with E-state index in [0.29, 0.717) is 30.8 Å². The Balaban J connectivity index is 1.23. The summed E-state index contributed by atoms with van der Waals surface area (Å²) >= 11 is 0. The average molecular weight is 426 g/mol. The van der Waals surface area contributed by atoms with Crippen LogP contribution >= 0.6 is 0 Å². The Morgan fingerprint density at radius 3 is 2.56 bits per heavy atom. The topological polar surface area (TPSA) is 36.4 Å². The van der Waals surface area contributed by atoms with Crippen LogP contribution in [0.3, 0.4) is 0 Å². The fourth-order valence-electron chi connectivity index (χ4n) is 5.41. The highest BCUT2D eigenvalue weighted by atomic mass is 16.2. The van der Waals surface area contributed by atoms with Gasteiger partial charge in [-0.2, -0.15) is 0 Å². The van der Waals surface area contributed by atoms with E-state index < -0.39 is 0 Å². The van der Waals surface area contributed by atoms with Gasteiger partial charge in [-0.15, -0.1) is 0 Å². The van der Waals surface area contributed by atoms with Crippen LogP contribution in [0.1, 0.15) is 36.0 Å². The molecule has 164 valence electrons. The summed E-state index contributed by atoms with van der Waals surface area (Å²) in [6, 6.07) is 22.0. The first-order valence-electron chi connectivity index (χ1n) is 11.7. The number of rotatable bonds is 5.